The molecule has 0 aliphatic heterocycles. The van der Waals surface area contributed by atoms with Crippen LogP contribution in [0.3, 0.4) is 0 Å². The van der Waals surface area contributed by atoms with Gasteiger partial charge in [0.1, 0.15) is 10.7 Å². The zero-order chi connectivity index (χ0) is 13.3. The van der Waals surface area contributed by atoms with Gasteiger partial charge in [0.05, 0.1) is 0 Å². The van der Waals surface area contributed by atoms with E-state index in [1.165, 1.54) is 6.26 Å². The van der Waals surface area contributed by atoms with E-state index in [9.17, 15) is 8.42 Å². The van der Waals surface area contributed by atoms with Gasteiger partial charge in [0.2, 0.25) is 0 Å². The van der Waals surface area contributed by atoms with Crippen molar-refractivity contribution in [1.82, 2.24) is 4.98 Å². The van der Waals surface area contributed by atoms with Crippen LogP contribution in [0, 0.1) is 0 Å². The molecule has 1 aromatic heterocycles. The number of hydrogen-bond donors (Lipinski definition) is 0. The average Bonchev–Trinajstić information content (AvgIpc) is 2.27. The molecule has 0 N–H and O–H groups in total. The molecule has 0 amide bonds. The van der Waals surface area contributed by atoms with Crippen LogP contribution >= 0.6 is 11.6 Å². The van der Waals surface area contributed by atoms with E-state index in [0.717, 1.165) is 0 Å². The van der Waals surface area contributed by atoms with Crippen LogP contribution in [0.25, 0.3) is 0 Å². The minimum Gasteiger partial charge on any atom is -0.352 e. The summed E-state index contributed by atoms with van der Waals surface area (Å²) in [5.74, 6) is 0.809. The molecular formula is C11H17ClN2O2S. The molecular weight excluding hydrogens is 260 g/mol. The van der Waals surface area contributed by atoms with E-state index < -0.39 is 9.84 Å². The van der Waals surface area contributed by atoms with Gasteiger partial charge in [0.25, 0.3) is 0 Å². The third-order valence-corrected chi connectivity index (χ3v) is 4.47. The van der Waals surface area contributed by atoms with E-state index in [1.54, 1.807) is 30.3 Å². The Morgan fingerprint density at radius 2 is 2.06 bits per heavy atom. The molecule has 0 saturated carbocycles. The van der Waals surface area contributed by atoms with Gasteiger partial charge in [0, 0.05) is 30.9 Å². The van der Waals surface area contributed by atoms with Crippen LogP contribution in [0.1, 0.15) is 13.8 Å². The summed E-state index contributed by atoms with van der Waals surface area (Å²) in [4.78, 5) is 6.16. The zero-order valence-electron chi connectivity index (χ0n) is 10.4. The van der Waals surface area contributed by atoms with Gasteiger partial charge < -0.3 is 4.90 Å². The van der Waals surface area contributed by atoms with Crippen LogP contribution in [0.15, 0.2) is 23.2 Å². The molecule has 0 fully saturated rings. The average molecular weight is 277 g/mol. The summed E-state index contributed by atoms with van der Waals surface area (Å²) in [5.41, 5.74) is -0.366. The fourth-order valence-corrected chi connectivity index (χ4v) is 2.33. The predicted octanol–water partition coefficient (Wildman–Crippen LogP) is 1.94. The Morgan fingerprint density at radius 1 is 1.47 bits per heavy atom. The Bertz CT molecular complexity index is 500. The SMILES string of the molecule is CN(c1ncccc1S(C)(=O)=O)C(C)(C)CCl. The minimum atomic E-state index is -3.29. The first-order valence-corrected chi connectivity index (χ1v) is 7.57. The van der Waals surface area contributed by atoms with E-state index in [-0.39, 0.29) is 10.4 Å². The van der Waals surface area contributed by atoms with Gasteiger partial charge in [-0.3, -0.25) is 0 Å². The van der Waals surface area contributed by atoms with Gasteiger partial charge in [-0.25, -0.2) is 13.4 Å². The number of halogens is 1. The van der Waals surface area contributed by atoms with Gasteiger partial charge in [-0.15, -0.1) is 11.6 Å². The molecule has 0 atom stereocenters. The smallest absolute Gasteiger partial charge is 0.179 e. The number of pyridine rings is 1. The van der Waals surface area contributed by atoms with Crippen LogP contribution in [0.2, 0.25) is 0 Å². The highest BCUT2D eigenvalue weighted by atomic mass is 35.5. The summed E-state index contributed by atoms with van der Waals surface area (Å²) in [7, 11) is -1.50. The highest BCUT2D eigenvalue weighted by Crippen LogP contribution is 2.27. The molecule has 0 saturated heterocycles. The molecule has 1 heterocycles. The second-order valence-electron chi connectivity index (χ2n) is 4.60. The Balaban J connectivity index is 3.33. The second kappa shape index (κ2) is 4.82. The summed E-state index contributed by atoms with van der Waals surface area (Å²) in [6, 6.07) is 3.17. The number of alkyl halides is 1. The van der Waals surface area contributed by atoms with Gasteiger partial charge in [-0.05, 0) is 26.0 Å². The normalized spacial score (nSPS) is 12.5. The minimum absolute atomic E-state index is 0.223. The molecule has 1 rings (SSSR count). The number of hydrogen-bond acceptors (Lipinski definition) is 4. The van der Waals surface area contributed by atoms with E-state index in [1.807, 2.05) is 13.8 Å². The van der Waals surface area contributed by atoms with Gasteiger partial charge in [-0.1, -0.05) is 0 Å². The lowest BCUT2D eigenvalue weighted by molar-refractivity contribution is 0.535. The molecule has 1 aromatic rings. The van der Waals surface area contributed by atoms with Crippen LogP contribution < -0.4 is 4.90 Å². The molecule has 0 radical (unpaired) electrons. The summed E-state index contributed by atoms with van der Waals surface area (Å²) >= 11 is 5.89. The summed E-state index contributed by atoms with van der Waals surface area (Å²) in [6.07, 6.45) is 2.75. The quantitative estimate of drug-likeness (QED) is 0.789. The van der Waals surface area contributed by atoms with Gasteiger partial charge in [0.15, 0.2) is 9.84 Å². The summed E-state index contributed by atoms with van der Waals surface area (Å²) in [6.45, 7) is 3.86. The Hall–Kier alpha value is -0.810. The van der Waals surface area contributed by atoms with E-state index in [2.05, 4.69) is 4.98 Å². The monoisotopic (exact) mass is 276 g/mol. The first kappa shape index (κ1) is 14.3. The maximum atomic E-state index is 11.7. The van der Waals surface area contributed by atoms with Gasteiger partial charge in [-0.2, -0.15) is 0 Å². The zero-order valence-corrected chi connectivity index (χ0v) is 12.0. The molecule has 6 heteroatoms. The first-order valence-electron chi connectivity index (χ1n) is 5.15. The van der Waals surface area contributed by atoms with E-state index in [0.29, 0.717) is 11.7 Å². The van der Waals surface area contributed by atoms with E-state index in [4.69, 9.17) is 11.6 Å². The van der Waals surface area contributed by atoms with Crippen molar-refractivity contribution in [3.63, 3.8) is 0 Å². The summed E-state index contributed by atoms with van der Waals surface area (Å²) < 4.78 is 23.3. The molecule has 0 unspecified atom stereocenters. The van der Waals surface area contributed by atoms with Crippen LogP contribution in [0.4, 0.5) is 5.82 Å². The molecule has 17 heavy (non-hydrogen) atoms. The fourth-order valence-electron chi connectivity index (χ4n) is 1.30. The van der Waals surface area contributed by atoms with Crippen molar-refractivity contribution in [3.05, 3.63) is 18.3 Å². The lowest BCUT2D eigenvalue weighted by Crippen LogP contribution is -2.44. The molecule has 0 bridgehead atoms. The molecule has 4 nitrogen and oxygen atoms in total. The van der Waals surface area contributed by atoms with Crippen molar-refractivity contribution in [2.45, 2.75) is 24.3 Å². The van der Waals surface area contributed by atoms with Crippen LogP contribution in [0.5, 0.6) is 0 Å². The van der Waals surface area contributed by atoms with Gasteiger partial charge >= 0.3 is 0 Å². The second-order valence-corrected chi connectivity index (χ2v) is 6.85. The topological polar surface area (TPSA) is 50.3 Å². The van der Waals surface area contributed by atoms with Crippen molar-refractivity contribution in [2.75, 3.05) is 24.1 Å². The first-order chi connectivity index (χ1) is 7.70. The molecule has 96 valence electrons. The van der Waals surface area contributed by atoms with E-state index >= 15 is 0 Å². The number of anilines is 1. The van der Waals surface area contributed by atoms with Crippen molar-refractivity contribution in [3.8, 4) is 0 Å². The molecule has 0 aliphatic rings. The number of sulfone groups is 1. The molecule has 0 aromatic carbocycles. The number of nitrogens with zero attached hydrogens (tertiary/aromatic N) is 2. The van der Waals surface area contributed by atoms with Crippen LogP contribution in [-0.2, 0) is 9.84 Å². The molecule has 0 spiro atoms. The third-order valence-electron chi connectivity index (χ3n) is 2.70. The Morgan fingerprint density at radius 3 is 2.53 bits per heavy atom. The van der Waals surface area contributed by atoms with Crippen molar-refractivity contribution >= 4 is 27.3 Å². The maximum Gasteiger partial charge on any atom is 0.179 e. The number of rotatable bonds is 4. The predicted molar refractivity (Wildman–Crippen MR) is 70.5 cm³/mol. The molecule has 0 aliphatic carbocycles. The maximum absolute atomic E-state index is 11.7. The third kappa shape index (κ3) is 3.10. The number of aromatic nitrogens is 1. The Kier molecular flexibility index (Phi) is 4.04. The van der Waals surface area contributed by atoms with Crippen molar-refractivity contribution < 1.29 is 8.42 Å². The standard InChI is InChI=1S/C11H17ClN2O2S/c1-11(2,8-12)14(3)10-9(17(4,15)16)6-5-7-13-10/h5-7H,8H2,1-4H3. The highest BCUT2D eigenvalue weighted by Gasteiger charge is 2.27. The van der Waals surface area contributed by atoms with Crippen LogP contribution in [-0.4, -0.2) is 38.1 Å². The summed E-state index contributed by atoms with van der Waals surface area (Å²) in [5, 5.41) is 0. The lowest BCUT2D eigenvalue weighted by atomic mass is 10.1. The highest BCUT2D eigenvalue weighted by molar-refractivity contribution is 7.90. The van der Waals surface area contributed by atoms with Crippen molar-refractivity contribution in [2.24, 2.45) is 0 Å². The lowest BCUT2D eigenvalue weighted by Gasteiger charge is -2.35. The Labute approximate surface area is 108 Å². The van der Waals surface area contributed by atoms with Crippen molar-refractivity contribution in [1.29, 1.82) is 0 Å². The largest absolute Gasteiger partial charge is 0.352 e. The fraction of sp³-hybridized carbons (Fsp3) is 0.545.